The van der Waals surface area contributed by atoms with E-state index in [-0.39, 0.29) is 11.7 Å². The lowest BCUT2D eigenvalue weighted by Crippen LogP contribution is -2.41. The fourth-order valence-corrected chi connectivity index (χ4v) is 2.20. The molecule has 23 heavy (non-hydrogen) atoms. The van der Waals surface area contributed by atoms with E-state index < -0.39 is 12.0 Å². The number of aromatic hydroxyl groups is 1. The van der Waals surface area contributed by atoms with E-state index in [9.17, 15) is 14.7 Å². The molecule has 0 aliphatic heterocycles. The number of benzene rings is 2. The minimum absolute atomic E-state index is 0.0788. The van der Waals surface area contributed by atoms with Crippen molar-refractivity contribution in [2.75, 3.05) is 7.11 Å². The van der Waals surface area contributed by atoms with Crippen LogP contribution in [-0.4, -0.2) is 30.1 Å². The highest BCUT2D eigenvalue weighted by molar-refractivity contribution is 5.96. The molecule has 2 rings (SSSR count). The van der Waals surface area contributed by atoms with Crippen molar-refractivity contribution in [2.24, 2.45) is 0 Å². The fourth-order valence-electron chi connectivity index (χ4n) is 2.20. The van der Waals surface area contributed by atoms with Gasteiger partial charge in [-0.3, -0.25) is 4.79 Å². The van der Waals surface area contributed by atoms with Gasteiger partial charge in [-0.25, -0.2) is 4.79 Å². The number of hydrogen-bond donors (Lipinski definition) is 2. The minimum Gasteiger partial charge on any atom is -0.508 e. The first-order valence-electron chi connectivity index (χ1n) is 7.32. The molecule has 0 aromatic heterocycles. The molecule has 1 atom stereocenters. The van der Waals surface area contributed by atoms with Crippen LogP contribution in [0.25, 0.3) is 0 Å². The molecule has 2 aromatic carbocycles. The Bertz CT molecular complexity index is 652. The quantitative estimate of drug-likeness (QED) is 0.802. The number of phenolic OH excluding ortho intramolecular Hbond substituents is 1. The Hall–Kier alpha value is -2.82. The predicted molar refractivity (Wildman–Crippen MR) is 86.1 cm³/mol. The molecule has 0 heterocycles. The lowest BCUT2D eigenvalue weighted by Gasteiger charge is -2.16. The Morgan fingerprint density at radius 3 is 2.35 bits per heavy atom. The SMILES string of the molecule is COC(=O)[C@@H](CCc1ccccc1)NC(=O)c1ccc(O)cc1. The molecule has 0 aliphatic carbocycles. The van der Waals surface area contributed by atoms with Gasteiger partial charge in [0.05, 0.1) is 7.11 Å². The van der Waals surface area contributed by atoms with E-state index in [0.717, 1.165) is 5.56 Å². The normalized spacial score (nSPS) is 11.5. The summed E-state index contributed by atoms with van der Waals surface area (Å²) in [6.45, 7) is 0. The number of carbonyl (C=O) groups excluding carboxylic acids is 2. The van der Waals surface area contributed by atoms with Gasteiger partial charge in [0, 0.05) is 5.56 Å². The largest absolute Gasteiger partial charge is 0.508 e. The number of methoxy groups -OCH3 is 1. The van der Waals surface area contributed by atoms with Gasteiger partial charge in [-0.05, 0) is 42.7 Å². The molecule has 0 saturated carbocycles. The number of phenols is 1. The average Bonchev–Trinajstić information content (AvgIpc) is 2.59. The highest BCUT2D eigenvalue weighted by atomic mass is 16.5. The van der Waals surface area contributed by atoms with Gasteiger partial charge in [0.2, 0.25) is 0 Å². The summed E-state index contributed by atoms with van der Waals surface area (Å²) in [5.41, 5.74) is 1.46. The standard InChI is InChI=1S/C18H19NO4/c1-23-18(22)16(12-7-13-5-3-2-4-6-13)19-17(21)14-8-10-15(20)11-9-14/h2-6,8-11,16,20H,7,12H2,1H3,(H,19,21)/t16-/m1/s1. The molecule has 0 unspecified atom stereocenters. The van der Waals surface area contributed by atoms with Gasteiger partial charge in [0.25, 0.3) is 5.91 Å². The lowest BCUT2D eigenvalue weighted by molar-refractivity contribution is -0.143. The topological polar surface area (TPSA) is 75.6 Å². The zero-order chi connectivity index (χ0) is 16.7. The van der Waals surface area contributed by atoms with Gasteiger partial charge in [-0.2, -0.15) is 0 Å². The first-order chi connectivity index (χ1) is 11.1. The molecule has 0 radical (unpaired) electrons. The molecule has 0 bridgehead atoms. The van der Waals surface area contributed by atoms with E-state index in [0.29, 0.717) is 18.4 Å². The van der Waals surface area contributed by atoms with E-state index in [1.165, 1.54) is 31.4 Å². The third-order valence-electron chi connectivity index (χ3n) is 3.49. The maximum absolute atomic E-state index is 12.2. The van der Waals surface area contributed by atoms with Crippen LogP contribution in [0.4, 0.5) is 0 Å². The zero-order valence-corrected chi connectivity index (χ0v) is 12.9. The Balaban J connectivity index is 2.02. The van der Waals surface area contributed by atoms with Crippen LogP contribution >= 0.6 is 0 Å². The minimum atomic E-state index is -0.721. The van der Waals surface area contributed by atoms with E-state index in [1.807, 2.05) is 30.3 Å². The van der Waals surface area contributed by atoms with Crippen molar-refractivity contribution in [3.8, 4) is 5.75 Å². The summed E-state index contributed by atoms with van der Waals surface area (Å²) in [7, 11) is 1.30. The van der Waals surface area contributed by atoms with Gasteiger partial charge in [-0.1, -0.05) is 30.3 Å². The summed E-state index contributed by atoms with van der Waals surface area (Å²) in [6, 6.07) is 14.8. The Labute approximate surface area is 134 Å². The number of hydrogen-bond acceptors (Lipinski definition) is 4. The molecule has 5 heteroatoms. The Morgan fingerprint density at radius 1 is 1.09 bits per heavy atom. The molecule has 0 saturated heterocycles. The van der Waals surface area contributed by atoms with Crippen LogP contribution in [0.15, 0.2) is 54.6 Å². The maximum atomic E-state index is 12.2. The number of rotatable bonds is 6. The number of aryl methyl sites for hydroxylation is 1. The molecule has 0 aliphatic rings. The van der Waals surface area contributed by atoms with Crippen molar-refractivity contribution in [3.63, 3.8) is 0 Å². The first-order valence-corrected chi connectivity index (χ1v) is 7.32. The first kappa shape index (κ1) is 16.5. The number of esters is 1. The molecule has 120 valence electrons. The van der Waals surface area contributed by atoms with Crippen LogP contribution in [0.2, 0.25) is 0 Å². The number of carbonyl (C=O) groups is 2. The Kier molecular flexibility index (Phi) is 5.74. The zero-order valence-electron chi connectivity index (χ0n) is 12.9. The van der Waals surface area contributed by atoms with Gasteiger partial charge < -0.3 is 15.2 Å². The highest BCUT2D eigenvalue weighted by Crippen LogP contribution is 2.11. The molecule has 2 N–H and O–H groups in total. The Morgan fingerprint density at radius 2 is 1.74 bits per heavy atom. The van der Waals surface area contributed by atoms with Crippen molar-refractivity contribution < 1.29 is 19.4 Å². The van der Waals surface area contributed by atoms with Crippen LogP contribution in [0.5, 0.6) is 5.75 Å². The van der Waals surface area contributed by atoms with Crippen molar-refractivity contribution in [1.29, 1.82) is 0 Å². The number of nitrogens with one attached hydrogen (secondary N) is 1. The fraction of sp³-hybridized carbons (Fsp3) is 0.222. The molecular weight excluding hydrogens is 294 g/mol. The second-order valence-corrected chi connectivity index (χ2v) is 5.12. The van der Waals surface area contributed by atoms with Crippen molar-refractivity contribution in [3.05, 3.63) is 65.7 Å². The summed E-state index contributed by atoms with van der Waals surface area (Å²) in [5.74, 6) is -0.781. The predicted octanol–water partition coefficient (Wildman–Crippen LogP) is 2.30. The summed E-state index contributed by atoms with van der Waals surface area (Å²) in [5, 5.41) is 11.9. The molecule has 0 spiro atoms. The van der Waals surface area contributed by atoms with E-state index >= 15 is 0 Å². The van der Waals surface area contributed by atoms with Crippen LogP contribution in [0.3, 0.4) is 0 Å². The molecule has 0 fully saturated rings. The maximum Gasteiger partial charge on any atom is 0.328 e. The third-order valence-corrected chi connectivity index (χ3v) is 3.49. The summed E-state index contributed by atoms with van der Waals surface area (Å²) in [4.78, 5) is 24.1. The average molecular weight is 313 g/mol. The van der Waals surface area contributed by atoms with E-state index in [2.05, 4.69) is 5.32 Å². The van der Waals surface area contributed by atoms with Crippen LogP contribution < -0.4 is 5.32 Å². The van der Waals surface area contributed by atoms with E-state index in [1.54, 1.807) is 0 Å². The third kappa shape index (κ3) is 4.85. The van der Waals surface area contributed by atoms with Gasteiger partial charge in [0.1, 0.15) is 11.8 Å². The van der Waals surface area contributed by atoms with Gasteiger partial charge in [-0.15, -0.1) is 0 Å². The molecule has 1 amide bonds. The molecule has 5 nitrogen and oxygen atoms in total. The second-order valence-electron chi connectivity index (χ2n) is 5.12. The second kappa shape index (κ2) is 7.98. The highest BCUT2D eigenvalue weighted by Gasteiger charge is 2.22. The van der Waals surface area contributed by atoms with Crippen LogP contribution in [-0.2, 0) is 16.0 Å². The van der Waals surface area contributed by atoms with E-state index in [4.69, 9.17) is 4.74 Å². The smallest absolute Gasteiger partial charge is 0.328 e. The monoisotopic (exact) mass is 313 g/mol. The van der Waals surface area contributed by atoms with Gasteiger partial charge in [0.15, 0.2) is 0 Å². The number of amides is 1. The van der Waals surface area contributed by atoms with Crippen molar-refractivity contribution in [2.45, 2.75) is 18.9 Å². The summed E-state index contributed by atoms with van der Waals surface area (Å²) < 4.78 is 4.76. The van der Waals surface area contributed by atoms with Crippen molar-refractivity contribution in [1.82, 2.24) is 5.32 Å². The van der Waals surface area contributed by atoms with Crippen LogP contribution in [0.1, 0.15) is 22.3 Å². The molecular formula is C18H19NO4. The van der Waals surface area contributed by atoms with Crippen LogP contribution in [0, 0.1) is 0 Å². The number of ether oxygens (including phenoxy) is 1. The van der Waals surface area contributed by atoms with Gasteiger partial charge >= 0.3 is 5.97 Å². The summed E-state index contributed by atoms with van der Waals surface area (Å²) in [6.07, 6.45) is 1.09. The van der Waals surface area contributed by atoms with Crippen molar-refractivity contribution >= 4 is 11.9 Å². The summed E-state index contributed by atoms with van der Waals surface area (Å²) >= 11 is 0. The lowest BCUT2D eigenvalue weighted by atomic mass is 10.0. The molecule has 2 aromatic rings.